The van der Waals surface area contributed by atoms with E-state index >= 15 is 0 Å². The fraction of sp³-hybridized carbons (Fsp3) is 0.500. The quantitative estimate of drug-likeness (QED) is 0.849. The van der Waals surface area contributed by atoms with Crippen molar-refractivity contribution in [3.05, 3.63) is 29.3 Å². The van der Waals surface area contributed by atoms with Crippen molar-refractivity contribution in [1.29, 1.82) is 0 Å². The number of rotatable bonds is 2. The molecule has 1 aromatic rings. The molecule has 17 heavy (non-hydrogen) atoms. The highest BCUT2D eigenvalue weighted by molar-refractivity contribution is 5.99. The third kappa shape index (κ3) is 2.43. The van der Waals surface area contributed by atoms with Gasteiger partial charge in [0, 0.05) is 25.8 Å². The first-order chi connectivity index (χ1) is 8.11. The smallest absolute Gasteiger partial charge is 0.255 e. The molecule has 1 fully saturated rings. The van der Waals surface area contributed by atoms with Crippen LogP contribution in [0.2, 0.25) is 0 Å². The number of amides is 1. The van der Waals surface area contributed by atoms with E-state index in [2.05, 4.69) is 12.2 Å². The molecule has 2 rings (SSSR count). The summed E-state index contributed by atoms with van der Waals surface area (Å²) in [4.78, 5) is 14.3. The number of aryl methyl sites for hydroxylation is 1. The van der Waals surface area contributed by atoms with Gasteiger partial charge in [0.15, 0.2) is 0 Å². The summed E-state index contributed by atoms with van der Waals surface area (Å²) in [5.41, 5.74) is 2.88. The molecule has 0 aromatic heterocycles. The summed E-state index contributed by atoms with van der Waals surface area (Å²) in [6.07, 6.45) is 1.12. The lowest BCUT2D eigenvalue weighted by Gasteiger charge is -2.18. The number of anilines is 1. The molecular formula is C14H20N2O. The topological polar surface area (TPSA) is 32.3 Å². The molecule has 3 heteroatoms. The van der Waals surface area contributed by atoms with Crippen molar-refractivity contribution in [3.63, 3.8) is 0 Å². The molecule has 92 valence electrons. The minimum atomic E-state index is 0.152. The largest absolute Gasteiger partial charge is 0.387 e. The van der Waals surface area contributed by atoms with Crippen LogP contribution in [0.4, 0.5) is 5.69 Å². The lowest BCUT2D eigenvalue weighted by Crippen LogP contribution is -2.29. The second-order valence-electron chi connectivity index (χ2n) is 4.94. The van der Waals surface area contributed by atoms with Crippen LogP contribution in [0.1, 0.15) is 29.3 Å². The Hall–Kier alpha value is -1.51. The van der Waals surface area contributed by atoms with Gasteiger partial charge in [0.25, 0.3) is 5.91 Å². The van der Waals surface area contributed by atoms with E-state index in [0.29, 0.717) is 5.92 Å². The monoisotopic (exact) mass is 232 g/mol. The van der Waals surface area contributed by atoms with Gasteiger partial charge in [0.2, 0.25) is 0 Å². The van der Waals surface area contributed by atoms with Crippen molar-refractivity contribution < 1.29 is 4.79 Å². The first-order valence-electron chi connectivity index (χ1n) is 6.19. The maximum absolute atomic E-state index is 12.4. The van der Waals surface area contributed by atoms with E-state index in [-0.39, 0.29) is 5.91 Å². The van der Waals surface area contributed by atoms with Crippen molar-refractivity contribution >= 4 is 11.6 Å². The SMILES string of the molecule is CNc1cc(C)ccc1C(=O)N1CCC(C)C1. The number of hydrogen-bond acceptors (Lipinski definition) is 2. The van der Waals surface area contributed by atoms with Crippen molar-refractivity contribution in [2.45, 2.75) is 20.3 Å². The summed E-state index contributed by atoms with van der Waals surface area (Å²) in [6, 6.07) is 5.94. The van der Waals surface area contributed by atoms with Crippen LogP contribution in [-0.4, -0.2) is 30.9 Å². The van der Waals surface area contributed by atoms with Crippen LogP contribution in [0.25, 0.3) is 0 Å². The molecule has 1 aliphatic heterocycles. The summed E-state index contributed by atoms with van der Waals surface area (Å²) < 4.78 is 0. The first-order valence-corrected chi connectivity index (χ1v) is 6.19. The molecule has 1 amide bonds. The van der Waals surface area contributed by atoms with Crippen molar-refractivity contribution in [3.8, 4) is 0 Å². The lowest BCUT2D eigenvalue weighted by molar-refractivity contribution is 0.0789. The molecule has 1 heterocycles. The minimum absolute atomic E-state index is 0.152. The standard InChI is InChI=1S/C14H20N2O/c1-10-4-5-12(13(8-10)15-3)14(17)16-7-6-11(2)9-16/h4-5,8,11,15H,6-7,9H2,1-3H3. The number of hydrogen-bond donors (Lipinski definition) is 1. The highest BCUT2D eigenvalue weighted by atomic mass is 16.2. The maximum atomic E-state index is 12.4. The maximum Gasteiger partial charge on any atom is 0.255 e. The van der Waals surface area contributed by atoms with Crippen molar-refractivity contribution in [1.82, 2.24) is 4.90 Å². The Balaban J connectivity index is 2.24. The van der Waals surface area contributed by atoms with Gasteiger partial charge >= 0.3 is 0 Å². The molecular weight excluding hydrogens is 212 g/mol. The lowest BCUT2D eigenvalue weighted by atomic mass is 10.1. The summed E-state index contributed by atoms with van der Waals surface area (Å²) >= 11 is 0. The van der Waals surface area contributed by atoms with Gasteiger partial charge in [-0.1, -0.05) is 13.0 Å². The molecule has 0 spiro atoms. The molecule has 0 bridgehead atoms. The van der Waals surface area contributed by atoms with E-state index in [1.54, 1.807) is 0 Å². The number of likely N-dealkylation sites (tertiary alicyclic amines) is 1. The molecule has 0 aliphatic carbocycles. The van der Waals surface area contributed by atoms with Crippen LogP contribution in [-0.2, 0) is 0 Å². The van der Waals surface area contributed by atoms with E-state index in [1.807, 2.05) is 37.1 Å². The van der Waals surface area contributed by atoms with Crippen LogP contribution < -0.4 is 5.32 Å². The summed E-state index contributed by atoms with van der Waals surface area (Å²) in [5.74, 6) is 0.779. The number of nitrogens with one attached hydrogen (secondary N) is 1. The normalized spacial score (nSPS) is 19.5. The van der Waals surface area contributed by atoms with Crippen LogP contribution in [0.15, 0.2) is 18.2 Å². The summed E-state index contributed by atoms with van der Waals surface area (Å²) in [5, 5.41) is 3.10. The van der Waals surface area contributed by atoms with Crippen molar-refractivity contribution in [2.24, 2.45) is 5.92 Å². The molecule has 1 atom stereocenters. The Kier molecular flexibility index (Phi) is 3.36. The second-order valence-corrected chi connectivity index (χ2v) is 4.94. The summed E-state index contributed by atoms with van der Waals surface area (Å²) in [6.45, 7) is 6.00. The zero-order chi connectivity index (χ0) is 12.4. The highest BCUT2D eigenvalue weighted by Gasteiger charge is 2.25. The Morgan fingerprint density at radius 3 is 2.82 bits per heavy atom. The zero-order valence-corrected chi connectivity index (χ0v) is 10.8. The zero-order valence-electron chi connectivity index (χ0n) is 10.8. The Bertz CT molecular complexity index is 428. The molecule has 1 unspecified atom stereocenters. The fourth-order valence-corrected chi connectivity index (χ4v) is 2.34. The van der Waals surface area contributed by atoms with Gasteiger partial charge in [-0.25, -0.2) is 0 Å². The molecule has 1 aliphatic rings. The van der Waals surface area contributed by atoms with Crippen LogP contribution >= 0.6 is 0 Å². The van der Waals surface area contributed by atoms with Crippen LogP contribution in [0, 0.1) is 12.8 Å². The van der Waals surface area contributed by atoms with Gasteiger partial charge in [0.05, 0.1) is 5.56 Å². The Labute approximate surface area is 103 Å². The van der Waals surface area contributed by atoms with Gasteiger partial charge in [0.1, 0.15) is 0 Å². The van der Waals surface area contributed by atoms with Gasteiger partial charge in [-0.15, -0.1) is 0 Å². The van der Waals surface area contributed by atoms with Crippen molar-refractivity contribution in [2.75, 3.05) is 25.5 Å². The van der Waals surface area contributed by atoms with E-state index in [9.17, 15) is 4.79 Å². The molecule has 0 saturated carbocycles. The van der Waals surface area contributed by atoms with Gasteiger partial charge in [-0.05, 0) is 37.0 Å². The summed E-state index contributed by atoms with van der Waals surface area (Å²) in [7, 11) is 1.86. The van der Waals surface area contributed by atoms with Crippen LogP contribution in [0.3, 0.4) is 0 Å². The predicted octanol–water partition coefficient (Wildman–Crippen LogP) is 2.52. The number of carbonyl (C=O) groups excluding carboxylic acids is 1. The molecule has 1 aromatic carbocycles. The average molecular weight is 232 g/mol. The Morgan fingerprint density at radius 2 is 2.24 bits per heavy atom. The van der Waals surface area contributed by atoms with E-state index in [4.69, 9.17) is 0 Å². The molecule has 1 saturated heterocycles. The number of nitrogens with zero attached hydrogens (tertiary/aromatic N) is 1. The Morgan fingerprint density at radius 1 is 1.47 bits per heavy atom. The van der Waals surface area contributed by atoms with Gasteiger partial charge in [-0.3, -0.25) is 4.79 Å². The third-order valence-corrected chi connectivity index (χ3v) is 3.39. The van der Waals surface area contributed by atoms with Crippen LogP contribution in [0.5, 0.6) is 0 Å². The van der Waals surface area contributed by atoms with E-state index in [0.717, 1.165) is 30.8 Å². The predicted molar refractivity (Wildman–Crippen MR) is 70.4 cm³/mol. The molecule has 3 nitrogen and oxygen atoms in total. The minimum Gasteiger partial charge on any atom is -0.387 e. The van der Waals surface area contributed by atoms with Gasteiger partial charge in [-0.2, -0.15) is 0 Å². The third-order valence-electron chi connectivity index (χ3n) is 3.39. The number of benzene rings is 1. The molecule has 0 radical (unpaired) electrons. The highest BCUT2D eigenvalue weighted by Crippen LogP contribution is 2.23. The second kappa shape index (κ2) is 4.78. The number of carbonyl (C=O) groups is 1. The van der Waals surface area contributed by atoms with E-state index in [1.165, 1.54) is 5.56 Å². The van der Waals surface area contributed by atoms with Gasteiger partial charge < -0.3 is 10.2 Å². The van der Waals surface area contributed by atoms with E-state index < -0.39 is 0 Å². The average Bonchev–Trinajstić information content (AvgIpc) is 2.75. The fourth-order valence-electron chi connectivity index (χ4n) is 2.34. The first kappa shape index (κ1) is 12.0. The molecule has 1 N–H and O–H groups in total.